The third kappa shape index (κ3) is 7.57. The Balaban J connectivity index is 1.60. The number of hydrogen-bond donors (Lipinski definition) is 1. The Morgan fingerprint density at radius 1 is 0.970 bits per heavy atom. The van der Waals surface area contributed by atoms with Gasteiger partial charge in [0.2, 0.25) is 0 Å². The van der Waals surface area contributed by atoms with Crippen molar-refractivity contribution in [2.24, 2.45) is 15.9 Å². The van der Waals surface area contributed by atoms with Gasteiger partial charge in [0.15, 0.2) is 16.7 Å². The number of nitrogens with two attached hydrogens (primary N) is 1. The van der Waals surface area contributed by atoms with Crippen molar-refractivity contribution in [1.29, 1.82) is 0 Å². The highest BCUT2D eigenvalue weighted by molar-refractivity contribution is 8.13. The molecule has 172 valence electrons. The second kappa shape index (κ2) is 11.4. The maximum absolute atomic E-state index is 12.9. The molecule has 33 heavy (non-hydrogen) atoms. The van der Waals surface area contributed by atoms with Crippen molar-refractivity contribution < 1.29 is 22.6 Å². The summed E-state index contributed by atoms with van der Waals surface area (Å²) in [6, 6.07) is 20.0. The number of amidine groups is 1. The van der Waals surface area contributed by atoms with Gasteiger partial charge in [0, 0.05) is 5.75 Å². The van der Waals surface area contributed by atoms with Crippen LogP contribution in [0.15, 0.2) is 83.0 Å². The zero-order valence-corrected chi connectivity index (χ0v) is 18.6. The molecule has 0 fully saturated rings. The molecular weight excluding hydrogens is 451 g/mol. The van der Waals surface area contributed by atoms with Gasteiger partial charge < -0.3 is 15.2 Å². The molecule has 0 aliphatic rings. The lowest BCUT2D eigenvalue weighted by atomic mass is 10.1. The van der Waals surface area contributed by atoms with Gasteiger partial charge in [-0.3, -0.25) is 0 Å². The summed E-state index contributed by atoms with van der Waals surface area (Å²) in [6.07, 6.45) is -2.88. The summed E-state index contributed by atoms with van der Waals surface area (Å²) < 4.78 is 49.6. The topological polar surface area (TPSA) is 69.2 Å². The van der Waals surface area contributed by atoms with Crippen LogP contribution in [0.5, 0.6) is 11.5 Å². The van der Waals surface area contributed by atoms with Crippen LogP contribution in [-0.4, -0.2) is 18.5 Å². The fraction of sp³-hybridized carbons (Fsp3) is 0.167. The molecule has 0 amide bonds. The molecule has 0 aliphatic heterocycles. The highest BCUT2D eigenvalue weighted by atomic mass is 32.2. The van der Waals surface area contributed by atoms with Gasteiger partial charge in [0.05, 0.1) is 18.9 Å². The van der Waals surface area contributed by atoms with E-state index >= 15 is 0 Å². The SMILES string of the molecule is COc1cc(C=NN=C(N)SCc2ccccc2)ccc1OCc1cccc(C(F)(F)F)c1. The summed E-state index contributed by atoms with van der Waals surface area (Å²) in [5.74, 6) is 1.51. The Labute approximate surface area is 194 Å². The number of halogens is 3. The van der Waals surface area contributed by atoms with Crippen molar-refractivity contribution in [3.63, 3.8) is 0 Å². The van der Waals surface area contributed by atoms with Crippen LogP contribution in [0.4, 0.5) is 13.2 Å². The lowest BCUT2D eigenvalue weighted by Crippen LogP contribution is -2.06. The maximum Gasteiger partial charge on any atom is 0.416 e. The fourth-order valence-corrected chi connectivity index (χ4v) is 3.41. The minimum absolute atomic E-state index is 0.0345. The number of benzene rings is 3. The van der Waals surface area contributed by atoms with Crippen molar-refractivity contribution in [2.75, 3.05) is 7.11 Å². The van der Waals surface area contributed by atoms with Crippen molar-refractivity contribution >= 4 is 23.1 Å². The molecule has 0 heterocycles. The number of ether oxygens (including phenoxy) is 2. The molecule has 2 N–H and O–H groups in total. The molecule has 0 aliphatic carbocycles. The van der Waals surface area contributed by atoms with Crippen LogP contribution in [-0.2, 0) is 18.5 Å². The van der Waals surface area contributed by atoms with E-state index in [0.717, 1.165) is 17.7 Å². The molecule has 0 aromatic heterocycles. The molecule has 0 unspecified atom stereocenters. The van der Waals surface area contributed by atoms with Gasteiger partial charge in [0.25, 0.3) is 0 Å². The van der Waals surface area contributed by atoms with E-state index in [2.05, 4.69) is 10.2 Å². The number of thioether (sulfide) groups is 1. The average Bonchev–Trinajstić information content (AvgIpc) is 2.82. The number of rotatable bonds is 8. The van der Waals surface area contributed by atoms with Crippen LogP contribution >= 0.6 is 11.8 Å². The largest absolute Gasteiger partial charge is 0.493 e. The molecule has 3 rings (SSSR count). The summed E-state index contributed by atoms with van der Waals surface area (Å²) in [6.45, 7) is -0.0345. The molecule has 5 nitrogen and oxygen atoms in total. The van der Waals surface area contributed by atoms with Gasteiger partial charge in [-0.25, -0.2) is 0 Å². The van der Waals surface area contributed by atoms with E-state index in [4.69, 9.17) is 15.2 Å². The molecule has 0 radical (unpaired) electrons. The first-order valence-corrected chi connectivity index (χ1v) is 10.8. The summed E-state index contributed by atoms with van der Waals surface area (Å²) in [7, 11) is 1.48. The molecular formula is C24H22F3N3O2S. The normalized spacial score (nSPS) is 12.2. The Morgan fingerprint density at radius 3 is 2.45 bits per heavy atom. The molecule has 0 spiro atoms. The fourth-order valence-electron chi connectivity index (χ4n) is 2.80. The van der Waals surface area contributed by atoms with Gasteiger partial charge >= 0.3 is 6.18 Å². The van der Waals surface area contributed by atoms with E-state index < -0.39 is 11.7 Å². The molecule has 0 atom stereocenters. The predicted octanol–water partition coefficient (Wildman–Crippen LogP) is 5.88. The minimum atomic E-state index is -4.40. The van der Waals surface area contributed by atoms with Gasteiger partial charge in [0.1, 0.15) is 6.61 Å². The van der Waals surface area contributed by atoms with E-state index in [1.54, 1.807) is 24.3 Å². The van der Waals surface area contributed by atoms with Crippen molar-refractivity contribution in [3.8, 4) is 11.5 Å². The second-order valence-corrected chi connectivity index (χ2v) is 7.85. The number of methoxy groups -OCH3 is 1. The van der Waals surface area contributed by atoms with Crippen molar-refractivity contribution in [3.05, 3.63) is 95.1 Å². The monoisotopic (exact) mass is 473 g/mol. The molecule has 9 heteroatoms. The minimum Gasteiger partial charge on any atom is -0.493 e. The maximum atomic E-state index is 12.9. The number of hydrogen-bond acceptors (Lipinski definition) is 5. The average molecular weight is 474 g/mol. The van der Waals surface area contributed by atoms with Crippen molar-refractivity contribution in [1.82, 2.24) is 0 Å². The van der Waals surface area contributed by atoms with Crippen LogP contribution in [0.1, 0.15) is 22.3 Å². The smallest absolute Gasteiger partial charge is 0.416 e. The molecule has 3 aromatic carbocycles. The molecule has 0 bridgehead atoms. The van der Waals surface area contributed by atoms with Gasteiger partial charge in [-0.15, -0.1) is 5.10 Å². The van der Waals surface area contributed by atoms with Gasteiger partial charge in [-0.05, 0) is 47.0 Å². The van der Waals surface area contributed by atoms with E-state index in [-0.39, 0.29) is 6.61 Å². The van der Waals surface area contributed by atoms with Crippen LogP contribution in [0.2, 0.25) is 0 Å². The predicted molar refractivity (Wildman–Crippen MR) is 126 cm³/mol. The summed E-state index contributed by atoms with van der Waals surface area (Å²) in [5, 5.41) is 8.31. The molecule has 0 saturated heterocycles. The van der Waals surface area contributed by atoms with Gasteiger partial charge in [-0.1, -0.05) is 54.2 Å². The highest BCUT2D eigenvalue weighted by Crippen LogP contribution is 2.31. The highest BCUT2D eigenvalue weighted by Gasteiger charge is 2.30. The zero-order valence-electron chi connectivity index (χ0n) is 17.8. The van der Waals surface area contributed by atoms with Crippen LogP contribution in [0.3, 0.4) is 0 Å². The number of alkyl halides is 3. The standard InChI is InChI=1S/C24H22F3N3O2S/c1-31-22-13-18(14-29-30-23(28)33-16-17-6-3-2-4-7-17)10-11-21(22)32-15-19-8-5-9-20(12-19)24(25,26)27/h2-14H,15-16H2,1H3,(H2,28,30). The van der Waals surface area contributed by atoms with Crippen LogP contribution in [0.25, 0.3) is 0 Å². The van der Waals surface area contributed by atoms with E-state index in [1.807, 2.05) is 30.3 Å². The third-order valence-corrected chi connectivity index (χ3v) is 5.28. The van der Waals surface area contributed by atoms with Gasteiger partial charge in [-0.2, -0.15) is 18.3 Å². The van der Waals surface area contributed by atoms with E-state index in [9.17, 15) is 13.2 Å². The first kappa shape index (κ1) is 24.2. The first-order chi connectivity index (χ1) is 15.8. The van der Waals surface area contributed by atoms with Crippen LogP contribution in [0, 0.1) is 0 Å². The summed E-state index contributed by atoms with van der Waals surface area (Å²) in [5.41, 5.74) is 7.39. The zero-order chi connectivity index (χ0) is 23.7. The van der Waals surface area contributed by atoms with Crippen molar-refractivity contribution in [2.45, 2.75) is 18.5 Å². The Hall–Kier alpha value is -3.46. The summed E-state index contributed by atoms with van der Waals surface area (Å²) >= 11 is 1.38. The number of nitrogens with zero attached hydrogens (tertiary/aromatic N) is 2. The third-order valence-electron chi connectivity index (χ3n) is 4.43. The summed E-state index contributed by atoms with van der Waals surface area (Å²) in [4.78, 5) is 0. The second-order valence-electron chi connectivity index (χ2n) is 6.85. The van der Waals surface area contributed by atoms with Crippen LogP contribution < -0.4 is 15.2 Å². The lowest BCUT2D eigenvalue weighted by Gasteiger charge is -2.12. The first-order valence-electron chi connectivity index (χ1n) is 9.85. The Bertz CT molecular complexity index is 1120. The Kier molecular flexibility index (Phi) is 8.37. The van der Waals surface area contributed by atoms with E-state index in [0.29, 0.717) is 33.5 Å². The lowest BCUT2D eigenvalue weighted by molar-refractivity contribution is -0.137. The Morgan fingerprint density at radius 2 is 1.73 bits per heavy atom. The molecule has 0 saturated carbocycles. The van der Waals surface area contributed by atoms with E-state index in [1.165, 1.54) is 31.2 Å². The quantitative estimate of drug-likeness (QED) is 0.252. The molecule has 3 aromatic rings.